The Morgan fingerprint density at radius 3 is 2.35 bits per heavy atom. The summed E-state index contributed by atoms with van der Waals surface area (Å²) in [4.78, 5) is 1.68. The van der Waals surface area contributed by atoms with Crippen molar-refractivity contribution in [2.24, 2.45) is 0 Å². The van der Waals surface area contributed by atoms with Gasteiger partial charge in [-0.3, -0.25) is 0 Å². The molecule has 0 saturated carbocycles. The van der Waals surface area contributed by atoms with E-state index >= 15 is 0 Å². The maximum Gasteiger partial charge on any atom is 0.243 e. The molecule has 3 rings (SSSR count). The maximum absolute atomic E-state index is 13.4. The summed E-state index contributed by atoms with van der Waals surface area (Å²) >= 11 is 0. The Hall–Kier alpha value is -2.33. The van der Waals surface area contributed by atoms with Gasteiger partial charge in [0, 0.05) is 32.7 Å². The molecule has 1 fully saturated rings. The van der Waals surface area contributed by atoms with Gasteiger partial charge in [-0.1, -0.05) is 0 Å². The van der Waals surface area contributed by atoms with Crippen LogP contribution < -0.4 is 10.2 Å². The number of hydrogen-bond donors (Lipinski definition) is 1. The molecular formula is C16H19F2N5O2S. The number of anilines is 2. The van der Waals surface area contributed by atoms with Crippen LogP contribution in [-0.2, 0) is 10.0 Å². The molecule has 0 atom stereocenters. The molecule has 1 saturated heterocycles. The second-order valence-electron chi connectivity index (χ2n) is 5.77. The minimum atomic E-state index is -3.87. The first-order chi connectivity index (χ1) is 12.4. The monoisotopic (exact) mass is 383 g/mol. The van der Waals surface area contributed by atoms with E-state index in [2.05, 4.69) is 15.5 Å². The minimum Gasteiger partial charge on any atom is -0.369 e. The Labute approximate surface area is 150 Å². The molecule has 26 heavy (non-hydrogen) atoms. The SMILES string of the molecule is CCNc1ccc(N2CCN(S(=O)(=O)c3ccc(F)c(F)c3)CC2)nn1. The van der Waals surface area contributed by atoms with E-state index in [9.17, 15) is 17.2 Å². The average Bonchev–Trinajstić information content (AvgIpc) is 2.65. The van der Waals surface area contributed by atoms with E-state index in [0.29, 0.717) is 30.8 Å². The van der Waals surface area contributed by atoms with E-state index in [1.807, 2.05) is 24.0 Å². The molecule has 1 N–H and O–H groups in total. The number of nitrogens with zero attached hydrogens (tertiary/aromatic N) is 4. The molecule has 2 aromatic rings. The van der Waals surface area contributed by atoms with Gasteiger partial charge in [0.05, 0.1) is 4.90 Å². The summed E-state index contributed by atoms with van der Waals surface area (Å²) in [5.74, 6) is -0.915. The summed E-state index contributed by atoms with van der Waals surface area (Å²) in [6.45, 7) is 4.00. The van der Waals surface area contributed by atoms with Crippen LogP contribution in [-0.4, -0.2) is 55.6 Å². The third-order valence-corrected chi connectivity index (χ3v) is 5.99. The highest BCUT2D eigenvalue weighted by molar-refractivity contribution is 7.89. The molecular weight excluding hydrogens is 364 g/mol. The van der Waals surface area contributed by atoms with Crippen molar-refractivity contribution in [2.75, 3.05) is 42.9 Å². The summed E-state index contributed by atoms with van der Waals surface area (Å²) in [5, 5.41) is 11.3. The van der Waals surface area contributed by atoms with Gasteiger partial charge in [0.1, 0.15) is 5.82 Å². The lowest BCUT2D eigenvalue weighted by molar-refractivity contribution is 0.383. The Morgan fingerprint density at radius 1 is 1.04 bits per heavy atom. The van der Waals surface area contributed by atoms with Crippen LogP contribution in [0.5, 0.6) is 0 Å². The molecule has 1 aliphatic rings. The Morgan fingerprint density at radius 2 is 1.77 bits per heavy atom. The van der Waals surface area contributed by atoms with E-state index in [1.54, 1.807) is 0 Å². The number of hydrogen-bond acceptors (Lipinski definition) is 6. The molecule has 1 aromatic heterocycles. The summed E-state index contributed by atoms with van der Waals surface area (Å²) in [6, 6.07) is 6.24. The van der Waals surface area contributed by atoms with Crippen LogP contribution in [0, 0.1) is 11.6 Å². The molecule has 0 unspecified atom stereocenters. The fourth-order valence-corrected chi connectivity index (χ4v) is 4.15. The summed E-state index contributed by atoms with van der Waals surface area (Å²) in [6.07, 6.45) is 0. The van der Waals surface area contributed by atoms with Crippen molar-refractivity contribution in [3.05, 3.63) is 42.0 Å². The van der Waals surface area contributed by atoms with Gasteiger partial charge < -0.3 is 10.2 Å². The number of halogens is 2. The van der Waals surface area contributed by atoms with E-state index in [0.717, 1.165) is 18.7 Å². The number of benzene rings is 1. The minimum absolute atomic E-state index is 0.220. The first kappa shape index (κ1) is 18.5. The van der Waals surface area contributed by atoms with Crippen LogP contribution >= 0.6 is 0 Å². The van der Waals surface area contributed by atoms with Gasteiger partial charge >= 0.3 is 0 Å². The van der Waals surface area contributed by atoms with Gasteiger partial charge in [0.15, 0.2) is 17.5 Å². The third kappa shape index (κ3) is 3.75. The molecule has 0 bridgehead atoms. The number of rotatable bonds is 5. The van der Waals surface area contributed by atoms with Gasteiger partial charge in [-0.25, -0.2) is 17.2 Å². The zero-order valence-electron chi connectivity index (χ0n) is 14.2. The molecule has 0 radical (unpaired) electrons. The fourth-order valence-electron chi connectivity index (χ4n) is 2.71. The van der Waals surface area contributed by atoms with Crippen molar-refractivity contribution in [1.82, 2.24) is 14.5 Å². The van der Waals surface area contributed by atoms with Gasteiger partial charge in [-0.05, 0) is 37.3 Å². The van der Waals surface area contributed by atoms with Gasteiger partial charge in [-0.15, -0.1) is 10.2 Å². The highest BCUT2D eigenvalue weighted by Crippen LogP contribution is 2.21. The fraction of sp³-hybridized carbons (Fsp3) is 0.375. The van der Waals surface area contributed by atoms with Crippen molar-refractivity contribution in [3.63, 3.8) is 0 Å². The molecule has 140 valence electrons. The predicted octanol–water partition coefficient (Wildman–Crippen LogP) is 1.70. The van der Waals surface area contributed by atoms with Crippen LogP contribution in [0.1, 0.15) is 6.92 Å². The third-order valence-electron chi connectivity index (χ3n) is 4.10. The molecule has 0 aliphatic carbocycles. The van der Waals surface area contributed by atoms with Crippen molar-refractivity contribution < 1.29 is 17.2 Å². The highest BCUT2D eigenvalue weighted by Gasteiger charge is 2.29. The zero-order valence-corrected chi connectivity index (χ0v) is 15.0. The standard InChI is InChI=1S/C16H19F2N5O2S/c1-2-19-15-5-6-16(21-20-15)22-7-9-23(10-8-22)26(24,25)12-3-4-13(17)14(18)11-12/h3-6,11H,2,7-10H2,1H3,(H,19,20). The van der Waals surface area contributed by atoms with E-state index < -0.39 is 21.7 Å². The number of aromatic nitrogens is 2. The van der Waals surface area contributed by atoms with Crippen LogP contribution in [0.25, 0.3) is 0 Å². The lowest BCUT2D eigenvalue weighted by Gasteiger charge is -2.34. The molecule has 7 nitrogen and oxygen atoms in total. The highest BCUT2D eigenvalue weighted by atomic mass is 32.2. The van der Waals surface area contributed by atoms with Gasteiger partial charge in [-0.2, -0.15) is 4.31 Å². The Balaban J connectivity index is 1.68. The summed E-state index contributed by atoms with van der Waals surface area (Å²) in [7, 11) is -3.87. The number of nitrogens with one attached hydrogen (secondary N) is 1. The Kier molecular flexibility index (Phi) is 5.33. The number of sulfonamides is 1. The van der Waals surface area contributed by atoms with Crippen LogP contribution in [0.3, 0.4) is 0 Å². The van der Waals surface area contributed by atoms with Crippen molar-refractivity contribution in [3.8, 4) is 0 Å². The van der Waals surface area contributed by atoms with Crippen molar-refractivity contribution in [1.29, 1.82) is 0 Å². The summed E-state index contributed by atoms with van der Waals surface area (Å²) < 4.78 is 52.8. The second-order valence-corrected chi connectivity index (χ2v) is 7.71. The average molecular weight is 383 g/mol. The Bertz CT molecular complexity index is 869. The van der Waals surface area contributed by atoms with Crippen molar-refractivity contribution in [2.45, 2.75) is 11.8 Å². The molecule has 10 heteroatoms. The van der Waals surface area contributed by atoms with Crippen LogP contribution in [0.15, 0.2) is 35.2 Å². The van der Waals surface area contributed by atoms with Crippen molar-refractivity contribution >= 4 is 21.7 Å². The normalized spacial score (nSPS) is 15.9. The smallest absolute Gasteiger partial charge is 0.243 e. The lowest BCUT2D eigenvalue weighted by Crippen LogP contribution is -2.49. The van der Waals surface area contributed by atoms with E-state index in [4.69, 9.17) is 0 Å². The summed E-state index contributed by atoms with van der Waals surface area (Å²) in [5.41, 5.74) is 0. The van der Waals surface area contributed by atoms with E-state index in [-0.39, 0.29) is 18.0 Å². The first-order valence-corrected chi connectivity index (χ1v) is 9.63. The first-order valence-electron chi connectivity index (χ1n) is 8.19. The number of piperazine rings is 1. The lowest BCUT2D eigenvalue weighted by atomic mass is 10.3. The molecule has 0 spiro atoms. The molecule has 0 amide bonds. The molecule has 1 aromatic carbocycles. The van der Waals surface area contributed by atoms with Crippen LogP contribution in [0.4, 0.5) is 20.4 Å². The quantitative estimate of drug-likeness (QED) is 0.847. The van der Waals surface area contributed by atoms with Gasteiger partial charge in [0.25, 0.3) is 0 Å². The van der Waals surface area contributed by atoms with Gasteiger partial charge in [0.2, 0.25) is 10.0 Å². The van der Waals surface area contributed by atoms with Crippen LogP contribution in [0.2, 0.25) is 0 Å². The zero-order chi connectivity index (χ0) is 18.7. The topological polar surface area (TPSA) is 78.4 Å². The molecule has 1 aliphatic heterocycles. The maximum atomic E-state index is 13.4. The predicted molar refractivity (Wildman–Crippen MR) is 93.5 cm³/mol. The van der Waals surface area contributed by atoms with E-state index in [1.165, 1.54) is 4.31 Å². The molecule has 2 heterocycles. The second kappa shape index (κ2) is 7.50. The largest absolute Gasteiger partial charge is 0.369 e.